The summed E-state index contributed by atoms with van der Waals surface area (Å²) >= 11 is 0. The van der Waals surface area contributed by atoms with E-state index in [0.717, 1.165) is 89.9 Å². The summed E-state index contributed by atoms with van der Waals surface area (Å²) in [5.74, 6) is -0.395. The van der Waals surface area contributed by atoms with Crippen molar-refractivity contribution >= 4 is 5.97 Å². The molecule has 2 fully saturated rings. The molecule has 2 aliphatic heterocycles. The standard InChI is InChI=1S/C51H90O14/c1-3-5-7-9-11-13-15-17-19-20-22-24-26-28-30-32-34-43(53)63-40(37-60-35-33-31-29-27-25-23-21-18-16-14-12-10-8-6-4-2)38-61-50-49(59)47(57)45(55)42(65-50)39-62-51-48(58)46(56)44(54)41(36-52)64-51/h10,12-13,15-16,18-20,40-42,44-52,54-59H,3-9,11,14,17,21-39H2,1-2H3/b12-10-,15-13-,18-16-,20-19-. The first-order valence-electron chi connectivity index (χ1n) is 25.2. The highest BCUT2D eigenvalue weighted by Crippen LogP contribution is 2.26. The lowest BCUT2D eigenvalue weighted by Crippen LogP contribution is -2.61. The van der Waals surface area contributed by atoms with Crippen LogP contribution in [0.2, 0.25) is 0 Å². The molecule has 14 nitrogen and oxygen atoms in total. The fourth-order valence-corrected chi connectivity index (χ4v) is 7.62. The summed E-state index contributed by atoms with van der Waals surface area (Å²) in [6.07, 6.45) is 27.4. The van der Waals surface area contributed by atoms with Crippen molar-refractivity contribution in [1.82, 2.24) is 0 Å². The Labute approximate surface area is 391 Å². The maximum Gasteiger partial charge on any atom is 0.306 e. The molecule has 0 aromatic carbocycles. The van der Waals surface area contributed by atoms with Crippen LogP contribution in [0.1, 0.15) is 168 Å². The molecule has 2 saturated heterocycles. The average Bonchev–Trinajstić information content (AvgIpc) is 3.30. The molecule has 2 aliphatic rings. The van der Waals surface area contributed by atoms with E-state index in [2.05, 4.69) is 62.5 Å². The molecule has 65 heavy (non-hydrogen) atoms. The van der Waals surface area contributed by atoms with Crippen molar-refractivity contribution in [3.63, 3.8) is 0 Å². The highest BCUT2D eigenvalue weighted by atomic mass is 16.7. The molecule has 0 radical (unpaired) electrons. The number of aliphatic hydroxyl groups excluding tert-OH is 7. The minimum atomic E-state index is -1.71. The Morgan fingerprint density at radius 2 is 0.969 bits per heavy atom. The molecule has 7 N–H and O–H groups in total. The summed E-state index contributed by atoms with van der Waals surface area (Å²) in [5, 5.41) is 72.1. The molecule has 0 bridgehead atoms. The minimum Gasteiger partial charge on any atom is -0.457 e. The van der Waals surface area contributed by atoms with E-state index in [1.807, 2.05) is 0 Å². The number of unbranched alkanes of at least 4 members (excludes halogenated alkanes) is 17. The number of ether oxygens (including phenoxy) is 6. The van der Waals surface area contributed by atoms with Crippen molar-refractivity contribution in [2.45, 2.75) is 235 Å². The molecule has 0 aromatic heterocycles. The lowest BCUT2D eigenvalue weighted by atomic mass is 9.98. The van der Waals surface area contributed by atoms with Crippen LogP contribution in [0.15, 0.2) is 48.6 Å². The molecular weight excluding hydrogens is 837 g/mol. The lowest BCUT2D eigenvalue weighted by molar-refractivity contribution is -0.332. The van der Waals surface area contributed by atoms with Gasteiger partial charge in [-0.05, 0) is 70.6 Å². The van der Waals surface area contributed by atoms with E-state index in [1.165, 1.54) is 51.4 Å². The maximum absolute atomic E-state index is 13.0. The van der Waals surface area contributed by atoms with E-state index < -0.39 is 86.7 Å². The van der Waals surface area contributed by atoms with Crippen molar-refractivity contribution in [2.75, 3.05) is 33.0 Å². The van der Waals surface area contributed by atoms with Gasteiger partial charge in [0.25, 0.3) is 0 Å². The van der Waals surface area contributed by atoms with E-state index in [4.69, 9.17) is 28.4 Å². The molecule has 2 rings (SSSR count). The Kier molecular flexibility index (Phi) is 35.3. The third kappa shape index (κ3) is 26.9. The number of hydrogen-bond donors (Lipinski definition) is 7. The minimum absolute atomic E-state index is 0.0474. The summed E-state index contributed by atoms with van der Waals surface area (Å²) in [4.78, 5) is 13.0. The van der Waals surface area contributed by atoms with Gasteiger partial charge in [-0.15, -0.1) is 0 Å². The first-order valence-corrected chi connectivity index (χ1v) is 25.2. The van der Waals surface area contributed by atoms with E-state index in [0.29, 0.717) is 13.0 Å². The number of carbonyl (C=O) groups is 1. The van der Waals surface area contributed by atoms with Crippen LogP contribution in [0, 0.1) is 0 Å². The zero-order valence-electron chi connectivity index (χ0n) is 40.0. The zero-order valence-corrected chi connectivity index (χ0v) is 40.0. The van der Waals surface area contributed by atoms with Crippen molar-refractivity contribution in [2.24, 2.45) is 0 Å². The Balaban J connectivity index is 1.79. The Morgan fingerprint density at radius 1 is 0.508 bits per heavy atom. The average molecular weight is 927 g/mol. The van der Waals surface area contributed by atoms with E-state index in [1.54, 1.807) is 0 Å². The topological polar surface area (TPSA) is 214 Å². The molecule has 11 unspecified atom stereocenters. The Hall–Kier alpha value is -2.05. The van der Waals surface area contributed by atoms with Gasteiger partial charge in [-0.3, -0.25) is 4.79 Å². The summed E-state index contributed by atoms with van der Waals surface area (Å²) in [5.41, 5.74) is 0. The van der Waals surface area contributed by atoms with Gasteiger partial charge in [-0.25, -0.2) is 0 Å². The van der Waals surface area contributed by atoms with Gasteiger partial charge in [0.05, 0.1) is 26.4 Å². The van der Waals surface area contributed by atoms with Crippen molar-refractivity contribution in [1.29, 1.82) is 0 Å². The molecule has 0 aliphatic carbocycles. The molecule has 2 heterocycles. The summed E-state index contributed by atoms with van der Waals surface area (Å²) in [6.45, 7) is 3.58. The number of rotatable bonds is 39. The van der Waals surface area contributed by atoms with E-state index in [-0.39, 0.29) is 19.6 Å². The lowest BCUT2D eigenvalue weighted by Gasteiger charge is -2.42. The Bertz CT molecular complexity index is 1260. The van der Waals surface area contributed by atoms with Crippen LogP contribution in [-0.4, -0.2) is 142 Å². The van der Waals surface area contributed by atoms with Crippen LogP contribution in [-0.2, 0) is 33.2 Å². The van der Waals surface area contributed by atoms with Gasteiger partial charge in [0.1, 0.15) is 54.9 Å². The molecule has 14 heteroatoms. The van der Waals surface area contributed by atoms with Gasteiger partial charge in [0, 0.05) is 13.0 Å². The molecule has 0 aromatic rings. The van der Waals surface area contributed by atoms with Crippen molar-refractivity contribution in [3.05, 3.63) is 48.6 Å². The number of carbonyl (C=O) groups excluding carboxylic acids is 1. The molecule has 0 saturated carbocycles. The van der Waals surface area contributed by atoms with Gasteiger partial charge >= 0.3 is 5.97 Å². The summed E-state index contributed by atoms with van der Waals surface area (Å²) in [6, 6.07) is 0. The third-order valence-corrected chi connectivity index (χ3v) is 11.8. The predicted molar refractivity (Wildman–Crippen MR) is 252 cm³/mol. The molecule has 11 atom stereocenters. The fraction of sp³-hybridized carbons (Fsp3) is 0.824. The molecular formula is C51H90O14. The van der Waals surface area contributed by atoms with Crippen LogP contribution in [0.4, 0.5) is 0 Å². The number of hydrogen-bond acceptors (Lipinski definition) is 14. The van der Waals surface area contributed by atoms with Crippen LogP contribution in [0.3, 0.4) is 0 Å². The SMILES string of the molecule is CCCC/C=C\C/C=C\CCCCCCCCOCC(COC1OC(COC2OC(CO)C(O)C(O)C2O)C(O)C(O)C1O)OC(=O)CCCCCCC/C=C\C/C=C\CCCCCC. The van der Waals surface area contributed by atoms with Crippen molar-refractivity contribution in [3.8, 4) is 0 Å². The van der Waals surface area contributed by atoms with E-state index in [9.17, 15) is 40.5 Å². The number of allylic oxidation sites excluding steroid dienone is 8. The van der Waals surface area contributed by atoms with Gasteiger partial charge in [0.15, 0.2) is 12.6 Å². The smallest absolute Gasteiger partial charge is 0.306 e. The Morgan fingerprint density at radius 3 is 1.52 bits per heavy atom. The quantitative estimate of drug-likeness (QED) is 0.0185. The molecule has 0 amide bonds. The molecule has 0 spiro atoms. The number of esters is 1. The number of aliphatic hydroxyl groups is 7. The van der Waals surface area contributed by atoms with Crippen LogP contribution >= 0.6 is 0 Å². The fourth-order valence-electron chi connectivity index (χ4n) is 7.62. The van der Waals surface area contributed by atoms with Gasteiger partial charge < -0.3 is 64.2 Å². The first-order chi connectivity index (χ1) is 31.6. The first kappa shape index (κ1) is 59.1. The van der Waals surface area contributed by atoms with Crippen LogP contribution in [0.25, 0.3) is 0 Å². The molecule has 378 valence electrons. The highest BCUT2D eigenvalue weighted by molar-refractivity contribution is 5.69. The predicted octanol–water partition coefficient (Wildman–Crippen LogP) is 7.18. The second-order valence-corrected chi connectivity index (χ2v) is 17.6. The second-order valence-electron chi connectivity index (χ2n) is 17.6. The van der Waals surface area contributed by atoms with Gasteiger partial charge in [-0.1, -0.05) is 140 Å². The second kappa shape index (κ2) is 38.9. The monoisotopic (exact) mass is 927 g/mol. The maximum atomic E-state index is 13.0. The normalized spacial score (nSPS) is 26.9. The van der Waals surface area contributed by atoms with Gasteiger partial charge in [0.2, 0.25) is 0 Å². The summed E-state index contributed by atoms with van der Waals surface area (Å²) in [7, 11) is 0. The summed E-state index contributed by atoms with van der Waals surface area (Å²) < 4.78 is 34.2. The van der Waals surface area contributed by atoms with E-state index >= 15 is 0 Å². The highest BCUT2D eigenvalue weighted by Gasteiger charge is 2.47. The van der Waals surface area contributed by atoms with Crippen LogP contribution in [0.5, 0.6) is 0 Å². The third-order valence-electron chi connectivity index (χ3n) is 11.8. The largest absolute Gasteiger partial charge is 0.457 e. The van der Waals surface area contributed by atoms with Crippen LogP contribution < -0.4 is 0 Å². The van der Waals surface area contributed by atoms with Gasteiger partial charge in [-0.2, -0.15) is 0 Å². The van der Waals surface area contributed by atoms with Crippen molar-refractivity contribution < 1.29 is 69.0 Å². The zero-order chi connectivity index (χ0) is 47.3.